The van der Waals surface area contributed by atoms with E-state index in [1.165, 1.54) is 5.56 Å². The Balaban J connectivity index is 2.35. The molecule has 2 aromatic rings. The van der Waals surface area contributed by atoms with Crippen LogP contribution < -0.4 is 5.69 Å². The van der Waals surface area contributed by atoms with Crippen molar-refractivity contribution in [2.45, 2.75) is 55.0 Å². The van der Waals surface area contributed by atoms with E-state index in [4.69, 9.17) is 0 Å². The van der Waals surface area contributed by atoms with Crippen molar-refractivity contribution in [1.82, 2.24) is 14.3 Å². The summed E-state index contributed by atoms with van der Waals surface area (Å²) in [6.45, 7) is 16.0. The lowest BCUT2D eigenvalue weighted by Gasteiger charge is -2.40. The zero-order chi connectivity index (χ0) is 17.4. The lowest BCUT2D eigenvalue weighted by atomic mass is 9.66. The number of hydrogen-bond donors (Lipinski definition) is 0. The molecule has 4 nitrogen and oxygen atoms in total. The third-order valence-electron chi connectivity index (χ3n) is 4.49. The van der Waals surface area contributed by atoms with E-state index in [-0.39, 0.29) is 16.5 Å². The van der Waals surface area contributed by atoms with Crippen molar-refractivity contribution in [1.29, 1.82) is 0 Å². The minimum Gasteiger partial charge on any atom is -0.250 e. The van der Waals surface area contributed by atoms with Crippen LogP contribution in [0.1, 0.15) is 47.1 Å². The molecule has 23 heavy (non-hydrogen) atoms. The first-order valence-corrected chi connectivity index (χ1v) is 8.21. The van der Waals surface area contributed by atoms with Crippen LogP contribution in [0.4, 0.5) is 0 Å². The van der Waals surface area contributed by atoms with Crippen LogP contribution in [0.25, 0.3) is 5.69 Å². The molecular formula is C19H29N3O. The van der Waals surface area contributed by atoms with Crippen LogP contribution in [-0.4, -0.2) is 14.3 Å². The first-order chi connectivity index (χ1) is 10.5. The average molecular weight is 315 g/mol. The molecule has 1 aromatic heterocycles. The molecule has 0 spiro atoms. The van der Waals surface area contributed by atoms with Gasteiger partial charge in [-0.2, -0.15) is 5.10 Å². The summed E-state index contributed by atoms with van der Waals surface area (Å²) in [4.78, 5) is 12.7. The first kappa shape index (κ1) is 17.5. The number of benzene rings is 1. The van der Waals surface area contributed by atoms with Gasteiger partial charge in [0.25, 0.3) is 0 Å². The fourth-order valence-corrected chi connectivity index (χ4v) is 3.36. The van der Waals surface area contributed by atoms with Crippen LogP contribution in [0.5, 0.6) is 0 Å². The summed E-state index contributed by atoms with van der Waals surface area (Å²) in [6, 6.07) is 7.92. The molecule has 4 heteroatoms. The molecular weight excluding hydrogens is 286 g/mol. The largest absolute Gasteiger partial charge is 0.350 e. The molecule has 0 aliphatic heterocycles. The predicted molar refractivity (Wildman–Crippen MR) is 95.0 cm³/mol. The fourth-order valence-electron chi connectivity index (χ4n) is 3.36. The van der Waals surface area contributed by atoms with Crippen LogP contribution in [0.2, 0.25) is 0 Å². The summed E-state index contributed by atoms with van der Waals surface area (Å²) < 4.78 is 3.21. The maximum absolute atomic E-state index is 12.7. The van der Waals surface area contributed by atoms with Gasteiger partial charge in [-0.3, -0.25) is 0 Å². The highest BCUT2D eigenvalue weighted by molar-refractivity contribution is 5.33. The second kappa shape index (κ2) is 5.99. The minimum atomic E-state index is -0.0765. The quantitative estimate of drug-likeness (QED) is 0.857. The van der Waals surface area contributed by atoms with Crippen LogP contribution in [0.3, 0.4) is 0 Å². The molecule has 0 radical (unpaired) electrons. The predicted octanol–water partition coefficient (Wildman–Crippen LogP) is 4.05. The maximum Gasteiger partial charge on any atom is 0.350 e. The molecule has 1 heterocycles. The highest BCUT2D eigenvalue weighted by Crippen LogP contribution is 2.40. The highest BCUT2D eigenvalue weighted by atomic mass is 16.2. The molecule has 0 saturated heterocycles. The van der Waals surface area contributed by atoms with Gasteiger partial charge in [0, 0.05) is 0 Å². The first-order valence-electron chi connectivity index (χ1n) is 8.21. The lowest BCUT2D eigenvalue weighted by Crippen LogP contribution is -2.39. The Bertz CT molecular complexity index is 695. The van der Waals surface area contributed by atoms with Gasteiger partial charge in [-0.1, -0.05) is 59.2 Å². The van der Waals surface area contributed by atoms with Gasteiger partial charge >= 0.3 is 5.69 Å². The molecule has 0 aliphatic rings. The SMILES string of the molecule is Cc1ccc(-n2cnn(CC(C(C)(C)C)C(C)(C)C)c2=O)cc1. The van der Waals surface area contributed by atoms with Crippen molar-refractivity contribution in [3.8, 4) is 5.69 Å². The third kappa shape index (κ3) is 3.92. The van der Waals surface area contributed by atoms with Gasteiger partial charge in [0.1, 0.15) is 6.33 Å². The minimum absolute atomic E-state index is 0.0765. The van der Waals surface area contributed by atoms with Crippen molar-refractivity contribution in [3.63, 3.8) is 0 Å². The number of aromatic nitrogens is 3. The topological polar surface area (TPSA) is 39.8 Å². The normalized spacial score (nSPS) is 12.9. The zero-order valence-corrected chi connectivity index (χ0v) is 15.4. The number of nitrogens with zero attached hydrogens (tertiary/aromatic N) is 3. The molecule has 1 aromatic carbocycles. The van der Waals surface area contributed by atoms with Gasteiger partial charge in [0.05, 0.1) is 12.2 Å². The Morgan fingerprint density at radius 1 is 1.00 bits per heavy atom. The second-order valence-corrected chi connectivity index (χ2v) is 8.59. The molecule has 0 saturated carbocycles. The number of hydrogen-bond acceptors (Lipinski definition) is 2. The van der Waals surface area contributed by atoms with Gasteiger partial charge < -0.3 is 0 Å². The summed E-state index contributed by atoms with van der Waals surface area (Å²) in [5.74, 6) is 0.342. The van der Waals surface area contributed by atoms with E-state index in [9.17, 15) is 4.79 Å². The number of aryl methyl sites for hydroxylation is 1. The summed E-state index contributed by atoms with van der Waals surface area (Å²) in [5, 5.41) is 4.35. The van der Waals surface area contributed by atoms with Crippen molar-refractivity contribution in [2.75, 3.05) is 0 Å². The fraction of sp³-hybridized carbons (Fsp3) is 0.579. The molecule has 2 rings (SSSR count). The number of rotatable bonds is 3. The van der Waals surface area contributed by atoms with E-state index in [0.29, 0.717) is 12.5 Å². The molecule has 0 fully saturated rings. The monoisotopic (exact) mass is 315 g/mol. The van der Waals surface area contributed by atoms with E-state index in [1.54, 1.807) is 15.6 Å². The molecule has 0 N–H and O–H groups in total. The Labute approximate surface area is 139 Å². The average Bonchev–Trinajstić information content (AvgIpc) is 2.76. The molecule has 0 atom stereocenters. The van der Waals surface area contributed by atoms with Gasteiger partial charge in [-0.25, -0.2) is 14.0 Å². The van der Waals surface area contributed by atoms with Gasteiger partial charge in [0.15, 0.2) is 0 Å². The Kier molecular flexibility index (Phi) is 4.56. The Morgan fingerprint density at radius 2 is 1.52 bits per heavy atom. The van der Waals surface area contributed by atoms with E-state index < -0.39 is 0 Å². The standard InChI is InChI=1S/C19H29N3O/c1-14-8-10-15(11-9-14)21-13-20-22(17(21)23)12-16(18(2,3)4)19(5,6)7/h8-11,13,16H,12H2,1-7H3. The van der Waals surface area contributed by atoms with Crippen molar-refractivity contribution < 1.29 is 0 Å². The molecule has 0 unspecified atom stereocenters. The summed E-state index contributed by atoms with van der Waals surface area (Å²) in [5.41, 5.74) is 2.16. The van der Waals surface area contributed by atoms with Crippen LogP contribution in [0.15, 0.2) is 35.4 Å². The molecule has 126 valence electrons. The molecule has 0 aliphatic carbocycles. The lowest BCUT2D eigenvalue weighted by molar-refractivity contribution is 0.0788. The molecule has 0 amide bonds. The maximum atomic E-state index is 12.7. The zero-order valence-electron chi connectivity index (χ0n) is 15.4. The van der Waals surface area contributed by atoms with Gasteiger partial charge in [-0.15, -0.1) is 0 Å². The summed E-state index contributed by atoms with van der Waals surface area (Å²) in [7, 11) is 0. The summed E-state index contributed by atoms with van der Waals surface area (Å²) in [6.07, 6.45) is 1.62. The summed E-state index contributed by atoms with van der Waals surface area (Å²) >= 11 is 0. The van der Waals surface area contributed by atoms with Crippen molar-refractivity contribution in [2.24, 2.45) is 16.7 Å². The van der Waals surface area contributed by atoms with Crippen molar-refractivity contribution >= 4 is 0 Å². The smallest absolute Gasteiger partial charge is 0.250 e. The van der Waals surface area contributed by atoms with Crippen molar-refractivity contribution in [3.05, 3.63) is 46.6 Å². The highest BCUT2D eigenvalue weighted by Gasteiger charge is 2.35. The van der Waals surface area contributed by atoms with Gasteiger partial charge in [0.2, 0.25) is 0 Å². The Hall–Kier alpha value is -1.84. The van der Waals surface area contributed by atoms with Crippen LogP contribution in [-0.2, 0) is 6.54 Å². The Morgan fingerprint density at radius 3 is 2.00 bits per heavy atom. The van der Waals surface area contributed by atoms with Crippen LogP contribution >= 0.6 is 0 Å². The van der Waals surface area contributed by atoms with Crippen LogP contribution in [0, 0.1) is 23.7 Å². The molecule has 0 bridgehead atoms. The van der Waals surface area contributed by atoms with E-state index in [1.807, 2.05) is 31.2 Å². The second-order valence-electron chi connectivity index (χ2n) is 8.59. The van der Waals surface area contributed by atoms with E-state index in [2.05, 4.69) is 46.6 Å². The van der Waals surface area contributed by atoms with Gasteiger partial charge in [-0.05, 0) is 35.8 Å². The van der Waals surface area contributed by atoms with E-state index in [0.717, 1.165) is 5.69 Å². The van der Waals surface area contributed by atoms with E-state index >= 15 is 0 Å². The third-order valence-corrected chi connectivity index (χ3v) is 4.49.